The minimum Gasteiger partial charge on any atom is -0.382 e. The molecular formula is C13H20N2O2. The zero-order chi connectivity index (χ0) is 12.9. The van der Waals surface area contributed by atoms with Crippen LogP contribution in [0.2, 0.25) is 0 Å². The summed E-state index contributed by atoms with van der Waals surface area (Å²) in [4.78, 5) is 12.0. The third kappa shape index (κ3) is 4.17. The molecule has 0 radical (unpaired) electrons. The molecule has 3 N–H and O–H groups in total. The number of rotatable bonds is 5. The van der Waals surface area contributed by atoms with E-state index in [2.05, 4.69) is 5.32 Å². The van der Waals surface area contributed by atoms with Crippen molar-refractivity contribution in [2.24, 2.45) is 5.73 Å². The predicted molar refractivity (Wildman–Crippen MR) is 67.8 cm³/mol. The molecule has 4 nitrogen and oxygen atoms in total. The molecule has 1 aromatic rings. The van der Waals surface area contributed by atoms with Crippen molar-refractivity contribution in [2.45, 2.75) is 25.9 Å². The predicted octanol–water partition coefficient (Wildman–Crippen LogP) is 1.30. The number of carbonyl (C=O) groups excluding carboxylic acids is 1. The van der Waals surface area contributed by atoms with E-state index in [9.17, 15) is 4.79 Å². The fourth-order valence-corrected chi connectivity index (χ4v) is 1.62. The van der Waals surface area contributed by atoms with Gasteiger partial charge in [0.2, 0.25) is 0 Å². The highest BCUT2D eigenvalue weighted by molar-refractivity contribution is 5.94. The maximum Gasteiger partial charge on any atom is 0.251 e. The lowest BCUT2D eigenvalue weighted by molar-refractivity contribution is 0.0820. The second kappa shape index (κ2) is 5.80. The van der Waals surface area contributed by atoms with Gasteiger partial charge in [-0.3, -0.25) is 4.79 Å². The van der Waals surface area contributed by atoms with Gasteiger partial charge in [0.25, 0.3) is 5.91 Å². The molecule has 0 aliphatic rings. The van der Waals surface area contributed by atoms with E-state index in [-0.39, 0.29) is 11.4 Å². The van der Waals surface area contributed by atoms with Crippen LogP contribution in [0.1, 0.15) is 29.8 Å². The number of hydrogen-bond acceptors (Lipinski definition) is 3. The molecule has 4 heteroatoms. The Morgan fingerprint density at radius 1 is 1.47 bits per heavy atom. The molecule has 0 aliphatic carbocycles. The van der Waals surface area contributed by atoms with Gasteiger partial charge in [0.05, 0.1) is 12.1 Å². The van der Waals surface area contributed by atoms with Crippen LogP contribution >= 0.6 is 0 Å². The Bertz CT molecular complexity index is 389. The summed E-state index contributed by atoms with van der Waals surface area (Å²) in [6.45, 7) is 4.74. The minimum absolute atomic E-state index is 0.109. The normalized spacial score (nSPS) is 11.3. The van der Waals surface area contributed by atoms with E-state index >= 15 is 0 Å². The molecule has 0 saturated carbocycles. The van der Waals surface area contributed by atoms with Gasteiger partial charge in [-0.25, -0.2) is 0 Å². The van der Waals surface area contributed by atoms with E-state index in [0.29, 0.717) is 18.7 Å². The maximum absolute atomic E-state index is 12.0. The molecule has 1 aromatic carbocycles. The van der Waals surface area contributed by atoms with Crippen LogP contribution in [-0.2, 0) is 11.3 Å². The largest absolute Gasteiger partial charge is 0.382 e. The first-order valence-electron chi connectivity index (χ1n) is 5.59. The molecule has 0 fully saturated rings. The van der Waals surface area contributed by atoms with E-state index in [0.717, 1.165) is 5.56 Å². The van der Waals surface area contributed by atoms with Gasteiger partial charge in [0, 0.05) is 19.2 Å². The highest BCUT2D eigenvalue weighted by atomic mass is 16.5. The van der Waals surface area contributed by atoms with Crippen LogP contribution in [0.3, 0.4) is 0 Å². The van der Waals surface area contributed by atoms with Crippen molar-refractivity contribution in [3.8, 4) is 0 Å². The lowest BCUT2D eigenvalue weighted by Gasteiger charge is -2.25. The monoisotopic (exact) mass is 236 g/mol. The van der Waals surface area contributed by atoms with Crippen LogP contribution in [0, 0.1) is 0 Å². The summed E-state index contributed by atoms with van der Waals surface area (Å²) in [5.74, 6) is -0.109. The Kier molecular flexibility index (Phi) is 4.66. The smallest absolute Gasteiger partial charge is 0.251 e. The van der Waals surface area contributed by atoms with Crippen molar-refractivity contribution in [2.75, 3.05) is 13.7 Å². The quantitative estimate of drug-likeness (QED) is 0.810. The molecule has 17 heavy (non-hydrogen) atoms. The lowest BCUT2D eigenvalue weighted by atomic mass is 10.1. The molecule has 1 rings (SSSR count). The van der Waals surface area contributed by atoms with Gasteiger partial charge >= 0.3 is 0 Å². The zero-order valence-electron chi connectivity index (χ0n) is 10.6. The number of benzene rings is 1. The van der Waals surface area contributed by atoms with Gasteiger partial charge in [-0.05, 0) is 31.5 Å². The summed E-state index contributed by atoms with van der Waals surface area (Å²) < 4.78 is 5.05. The standard InChI is InChI=1S/C13H20N2O2/c1-13(2,9-17-3)15-12(16)11-6-4-5-10(7-11)8-14/h4-7H,8-9,14H2,1-3H3,(H,15,16). The van der Waals surface area contributed by atoms with E-state index in [1.54, 1.807) is 19.2 Å². The SMILES string of the molecule is COCC(C)(C)NC(=O)c1cccc(CN)c1. The number of hydrogen-bond donors (Lipinski definition) is 2. The average Bonchev–Trinajstić information content (AvgIpc) is 2.28. The first kappa shape index (κ1) is 13.7. The molecule has 0 aromatic heterocycles. The zero-order valence-corrected chi connectivity index (χ0v) is 10.6. The van der Waals surface area contributed by atoms with Crippen LogP contribution in [0.5, 0.6) is 0 Å². The number of amides is 1. The average molecular weight is 236 g/mol. The summed E-state index contributed by atoms with van der Waals surface area (Å²) >= 11 is 0. The first-order valence-corrected chi connectivity index (χ1v) is 5.59. The third-order valence-electron chi connectivity index (χ3n) is 2.38. The van der Waals surface area contributed by atoms with Gasteiger partial charge < -0.3 is 15.8 Å². The molecular weight excluding hydrogens is 216 g/mol. The number of ether oxygens (including phenoxy) is 1. The first-order chi connectivity index (χ1) is 7.98. The Morgan fingerprint density at radius 2 is 2.18 bits per heavy atom. The summed E-state index contributed by atoms with van der Waals surface area (Å²) in [5.41, 5.74) is 6.73. The van der Waals surface area contributed by atoms with Crippen LogP contribution in [-0.4, -0.2) is 25.2 Å². The summed E-state index contributed by atoms with van der Waals surface area (Å²) in [6, 6.07) is 7.31. The van der Waals surface area contributed by atoms with E-state index in [4.69, 9.17) is 10.5 Å². The van der Waals surface area contributed by atoms with Crippen LogP contribution in [0.15, 0.2) is 24.3 Å². The van der Waals surface area contributed by atoms with Gasteiger partial charge in [0.1, 0.15) is 0 Å². The van der Waals surface area contributed by atoms with Crippen molar-refractivity contribution < 1.29 is 9.53 Å². The van der Waals surface area contributed by atoms with Gasteiger partial charge in [0.15, 0.2) is 0 Å². The Balaban J connectivity index is 2.75. The van der Waals surface area contributed by atoms with Gasteiger partial charge in [-0.2, -0.15) is 0 Å². The summed E-state index contributed by atoms with van der Waals surface area (Å²) in [5, 5.41) is 2.92. The van der Waals surface area contributed by atoms with E-state index in [1.165, 1.54) is 0 Å². The lowest BCUT2D eigenvalue weighted by Crippen LogP contribution is -2.46. The fourth-order valence-electron chi connectivity index (χ4n) is 1.62. The Labute approximate surface area is 102 Å². The number of nitrogens with one attached hydrogen (secondary N) is 1. The fraction of sp³-hybridized carbons (Fsp3) is 0.462. The maximum atomic E-state index is 12.0. The van der Waals surface area contributed by atoms with Crippen LogP contribution in [0.4, 0.5) is 0 Å². The molecule has 0 atom stereocenters. The second-order valence-electron chi connectivity index (χ2n) is 4.68. The van der Waals surface area contributed by atoms with E-state index in [1.807, 2.05) is 26.0 Å². The Morgan fingerprint density at radius 3 is 2.76 bits per heavy atom. The summed E-state index contributed by atoms with van der Waals surface area (Å²) in [7, 11) is 1.61. The van der Waals surface area contributed by atoms with Crippen LogP contribution in [0.25, 0.3) is 0 Å². The number of methoxy groups -OCH3 is 1. The molecule has 0 aliphatic heterocycles. The summed E-state index contributed by atoms with van der Waals surface area (Å²) in [6.07, 6.45) is 0. The van der Waals surface area contributed by atoms with Crippen LogP contribution < -0.4 is 11.1 Å². The van der Waals surface area contributed by atoms with Crippen molar-refractivity contribution in [3.05, 3.63) is 35.4 Å². The Hall–Kier alpha value is -1.39. The third-order valence-corrected chi connectivity index (χ3v) is 2.38. The molecule has 1 amide bonds. The molecule has 0 spiro atoms. The van der Waals surface area contributed by atoms with Crippen molar-refractivity contribution >= 4 is 5.91 Å². The van der Waals surface area contributed by atoms with Gasteiger partial charge in [-0.1, -0.05) is 12.1 Å². The molecule has 94 valence electrons. The number of carbonyl (C=O) groups is 1. The molecule has 0 bridgehead atoms. The topological polar surface area (TPSA) is 64.3 Å². The highest BCUT2D eigenvalue weighted by Crippen LogP contribution is 2.08. The van der Waals surface area contributed by atoms with Gasteiger partial charge in [-0.15, -0.1) is 0 Å². The number of nitrogens with two attached hydrogens (primary N) is 1. The second-order valence-corrected chi connectivity index (χ2v) is 4.68. The molecule has 0 unspecified atom stereocenters. The highest BCUT2D eigenvalue weighted by Gasteiger charge is 2.20. The van der Waals surface area contributed by atoms with Crippen molar-refractivity contribution in [1.29, 1.82) is 0 Å². The van der Waals surface area contributed by atoms with Crippen molar-refractivity contribution in [1.82, 2.24) is 5.32 Å². The molecule has 0 saturated heterocycles. The van der Waals surface area contributed by atoms with E-state index < -0.39 is 0 Å². The molecule has 0 heterocycles. The minimum atomic E-state index is -0.384. The van der Waals surface area contributed by atoms with Crippen molar-refractivity contribution in [3.63, 3.8) is 0 Å².